The first-order valence-electron chi connectivity index (χ1n) is 9.92. The molecule has 0 aliphatic carbocycles. The molecule has 0 spiro atoms. The Bertz CT molecular complexity index is 1430. The molecule has 0 atom stereocenters. The van der Waals surface area contributed by atoms with Crippen molar-refractivity contribution in [3.05, 3.63) is 77.9 Å². The highest BCUT2D eigenvalue weighted by Gasteiger charge is 2.30. The van der Waals surface area contributed by atoms with Crippen LogP contribution in [-0.2, 0) is 16.4 Å². The Kier molecular flexibility index (Phi) is 5.40. The maximum atomic E-state index is 13.1. The van der Waals surface area contributed by atoms with E-state index in [1.165, 1.54) is 16.4 Å². The zero-order valence-corrected chi connectivity index (χ0v) is 19.6. The third-order valence-corrected chi connectivity index (χ3v) is 9.18. The van der Waals surface area contributed by atoms with Gasteiger partial charge in [-0.25, -0.2) is 13.4 Å². The van der Waals surface area contributed by atoms with Crippen LogP contribution in [0.1, 0.15) is 15.9 Å². The number of sulfonamides is 1. The van der Waals surface area contributed by atoms with E-state index < -0.39 is 10.0 Å². The summed E-state index contributed by atoms with van der Waals surface area (Å²) in [6, 6.07) is 19.2. The summed E-state index contributed by atoms with van der Waals surface area (Å²) in [6.45, 7) is 0.419. The molecule has 0 unspecified atom stereocenters. The number of amides is 1. The molecular weight excluding hydrogens is 462 g/mol. The van der Waals surface area contributed by atoms with Crippen LogP contribution >= 0.6 is 23.1 Å². The number of hydrogen-bond acceptors (Lipinski definition) is 6. The predicted molar refractivity (Wildman–Crippen MR) is 130 cm³/mol. The third-order valence-electron chi connectivity index (χ3n) is 5.35. The van der Waals surface area contributed by atoms with Gasteiger partial charge in [-0.1, -0.05) is 30.0 Å². The van der Waals surface area contributed by atoms with Gasteiger partial charge < -0.3 is 5.32 Å². The number of carbonyl (C=O) groups excluding carboxylic acids is 1. The first kappa shape index (κ1) is 21.0. The molecule has 0 fully saturated rings. The second-order valence-corrected chi connectivity index (χ2v) is 11.2. The molecule has 9 heteroatoms. The monoisotopic (exact) mass is 481 g/mol. The smallest absolute Gasteiger partial charge is 0.264 e. The number of thiazole rings is 1. The van der Waals surface area contributed by atoms with Crippen LogP contribution in [0.2, 0.25) is 0 Å². The quantitative estimate of drug-likeness (QED) is 0.405. The standard InChI is InChI=1S/C23H19N3O3S3/c1-30-23-25-19-11-8-17(14-21(19)31-23)24-22(27)16-6-9-18(10-7-16)32(28,29)26-13-12-15-4-2-3-5-20(15)26/h2-11,14H,12-13H2,1H3,(H,24,27). The average molecular weight is 482 g/mol. The van der Waals surface area contributed by atoms with Crippen molar-refractivity contribution >= 4 is 60.6 Å². The molecule has 3 aromatic carbocycles. The molecule has 0 radical (unpaired) electrons. The minimum absolute atomic E-state index is 0.168. The molecule has 1 aliphatic heterocycles. The van der Waals surface area contributed by atoms with Gasteiger partial charge in [0.25, 0.3) is 15.9 Å². The molecule has 5 rings (SSSR count). The van der Waals surface area contributed by atoms with Crippen molar-refractivity contribution in [1.82, 2.24) is 4.98 Å². The fraction of sp³-hybridized carbons (Fsp3) is 0.130. The van der Waals surface area contributed by atoms with E-state index in [0.717, 1.165) is 25.8 Å². The first-order valence-corrected chi connectivity index (χ1v) is 13.4. The van der Waals surface area contributed by atoms with Crippen molar-refractivity contribution in [1.29, 1.82) is 0 Å². The highest BCUT2D eigenvalue weighted by Crippen LogP contribution is 2.33. The number of nitrogens with zero attached hydrogens (tertiary/aromatic N) is 2. The highest BCUT2D eigenvalue weighted by atomic mass is 32.2. The van der Waals surface area contributed by atoms with Gasteiger partial charge in [0.15, 0.2) is 4.34 Å². The van der Waals surface area contributed by atoms with E-state index in [1.54, 1.807) is 35.2 Å². The largest absolute Gasteiger partial charge is 0.322 e. The van der Waals surface area contributed by atoms with Gasteiger partial charge >= 0.3 is 0 Å². The van der Waals surface area contributed by atoms with Crippen LogP contribution in [0.5, 0.6) is 0 Å². The van der Waals surface area contributed by atoms with Gasteiger partial charge in [-0.15, -0.1) is 11.3 Å². The zero-order valence-electron chi connectivity index (χ0n) is 17.1. The number of para-hydroxylation sites is 1. The summed E-state index contributed by atoms with van der Waals surface area (Å²) >= 11 is 3.16. The first-order chi connectivity index (χ1) is 15.5. The number of carbonyl (C=O) groups is 1. The molecule has 0 bridgehead atoms. The summed E-state index contributed by atoms with van der Waals surface area (Å²) in [5.41, 5.74) is 3.70. The van der Waals surface area contributed by atoms with E-state index >= 15 is 0 Å². The average Bonchev–Trinajstić information content (AvgIpc) is 3.43. The second-order valence-electron chi connectivity index (χ2n) is 7.30. The lowest BCUT2D eigenvalue weighted by molar-refractivity contribution is 0.102. The number of rotatable bonds is 5. The Balaban J connectivity index is 1.35. The third kappa shape index (κ3) is 3.76. The molecule has 1 aliphatic rings. The topological polar surface area (TPSA) is 79.4 Å². The Morgan fingerprint density at radius 1 is 1.09 bits per heavy atom. The number of benzene rings is 3. The maximum absolute atomic E-state index is 13.1. The Morgan fingerprint density at radius 2 is 1.88 bits per heavy atom. The maximum Gasteiger partial charge on any atom is 0.264 e. The molecule has 4 aromatic rings. The van der Waals surface area contributed by atoms with Crippen molar-refractivity contribution in [2.45, 2.75) is 15.7 Å². The van der Waals surface area contributed by atoms with Gasteiger partial charge in [0.2, 0.25) is 0 Å². The van der Waals surface area contributed by atoms with Gasteiger partial charge in [-0.3, -0.25) is 9.10 Å². The molecule has 1 N–H and O–H groups in total. The second kappa shape index (κ2) is 8.23. The lowest BCUT2D eigenvalue weighted by atomic mass is 10.2. The molecule has 0 saturated heterocycles. The van der Waals surface area contributed by atoms with Crippen LogP contribution in [0.25, 0.3) is 10.2 Å². The van der Waals surface area contributed by atoms with Crippen LogP contribution in [0.15, 0.2) is 76.0 Å². The SMILES string of the molecule is CSc1nc2ccc(NC(=O)c3ccc(S(=O)(=O)N4CCc5ccccc54)cc3)cc2s1. The fourth-order valence-corrected chi connectivity index (χ4v) is 6.77. The van der Waals surface area contributed by atoms with Crippen LogP contribution < -0.4 is 9.62 Å². The van der Waals surface area contributed by atoms with E-state index in [-0.39, 0.29) is 10.8 Å². The van der Waals surface area contributed by atoms with Crippen LogP contribution in [0.4, 0.5) is 11.4 Å². The zero-order chi connectivity index (χ0) is 22.3. The summed E-state index contributed by atoms with van der Waals surface area (Å²) in [5, 5.41) is 2.88. The van der Waals surface area contributed by atoms with E-state index in [4.69, 9.17) is 0 Å². The summed E-state index contributed by atoms with van der Waals surface area (Å²) < 4.78 is 29.7. The van der Waals surface area contributed by atoms with Gasteiger partial charge in [0.05, 0.1) is 20.8 Å². The number of fused-ring (bicyclic) bond motifs is 2. The summed E-state index contributed by atoms with van der Waals surface area (Å²) in [7, 11) is -3.68. The van der Waals surface area contributed by atoms with Crippen molar-refractivity contribution < 1.29 is 13.2 Å². The number of nitrogens with one attached hydrogen (secondary N) is 1. The van der Waals surface area contributed by atoms with Gasteiger partial charge in [-0.2, -0.15) is 0 Å². The lowest BCUT2D eigenvalue weighted by Gasteiger charge is -2.19. The van der Waals surface area contributed by atoms with Crippen LogP contribution in [0, 0.1) is 0 Å². The van der Waals surface area contributed by atoms with E-state index in [0.29, 0.717) is 24.2 Å². The van der Waals surface area contributed by atoms with Crippen LogP contribution in [-0.4, -0.2) is 32.1 Å². The Hall–Kier alpha value is -2.88. The molecule has 1 aromatic heterocycles. The molecule has 32 heavy (non-hydrogen) atoms. The number of thioether (sulfide) groups is 1. The van der Waals surface area contributed by atoms with Crippen molar-refractivity contribution in [3.63, 3.8) is 0 Å². The van der Waals surface area contributed by atoms with E-state index in [9.17, 15) is 13.2 Å². The predicted octanol–water partition coefficient (Wildman–Crippen LogP) is 5.02. The molecule has 162 valence electrons. The summed E-state index contributed by atoms with van der Waals surface area (Å²) in [5.74, 6) is -0.297. The molecule has 2 heterocycles. The van der Waals surface area contributed by atoms with E-state index in [2.05, 4.69) is 10.3 Å². The van der Waals surface area contributed by atoms with Gasteiger partial charge in [0, 0.05) is 17.8 Å². The summed E-state index contributed by atoms with van der Waals surface area (Å²) in [4.78, 5) is 17.4. The van der Waals surface area contributed by atoms with Gasteiger partial charge in [0.1, 0.15) is 0 Å². The molecular formula is C23H19N3O3S3. The number of anilines is 2. The summed E-state index contributed by atoms with van der Waals surface area (Å²) in [6.07, 6.45) is 2.67. The lowest BCUT2D eigenvalue weighted by Crippen LogP contribution is -2.29. The molecule has 0 saturated carbocycles. The Morgan fingerprint density at radius 3 is 2.66 bits per heavy atom. The van der Waals surface area contributed by atoms with Crippen LogP contribution in [0.3, 0.4) is 0 Å². The highest BCUT2D eigenvalue weighted by molar-refractivity contribution is 8.00. The van der Waals surface area contributed by atoms with Crippen molar-refractivity contribution in [2.75, 3.05) is 22.4 Å². The van der Waals surface area contributed by atoms with Gasteiger partial charge in [-0.05, 0) is 66.8 Å². The van der Waals surface area contributed by atoms with Crippen molar-refractivity contribution in [3.8, 4) is 0 Å². The van der Waals surface area contributed by atoms with E-state index in [1.807, 2.05) is 48.7 Å². The molecule has 1 amide bonds. The number of hydrogen-bond donors (Lipinski definition) is 1. The number of aromatic nitrogens is 1. The Labute approximate surface area is 194 Å². The van der Waals surface area contributed by atoms with Crippen molar-refractivity contribution in [2.24, 2.45) is 0 Å². The minimum Gasteiger partial charge on any atom is -0.322 e. The minimum atomic E-state index is -3.68. The normalized spacial score (nSPS) is 13.3. The molecule has 6 nitrogen and oxygen atoms in total. The fourth-order valence-electron chi connectivity index (χ4n) is 3.73.